The summed E-state index contributed by atoms with van der Waals surface area (Å²) in [5.41, 5.74) is 3.92. The van der Waals surface area contributed by atoms with E-state index in [4.69, 9.17) is 0 Å². The van der Waals surface area contributed by atoms with Crippen molar-refractivity contribution in [2.24, 2.45) is 7.05 Å². The van der Waals surface area contributed by atoms with Crippen molar-refractivity contribution in [3.05, 3.63) is 48.4 Å². The second-order valence-corrected chi connectivity index (χ2v) is 6.44. The molecule has 4 aromatic heterocycles. The highest BCUT2D eigenvalue weighted by atomic mass is 32.1. The number of aldehydes is 1. The number of pyridine rings is 1. The largest absolute Gasteiger partial charge is 0.349 e. The number of hydrogen-bond acceptors (Lipinski definition) is 6. The summed E-state index contributed by atoms with van der Waals surface area (Å²) >= 11 is 1.53. The number of rotatable bonds is 3. The van der Waals surface area contributed by atoms with Gasteiger partial charge in [0.1, 0.15) is 22.7 Å². The first-order valence-electron chi connectivity index (χ1n) is 7.32. The van der Waals surface area contributed by atoms with Gasteiger partial charge in [0.05, 0.1) is 16.1 Å². The quantitative estimate of drug-likeness (QED) is 0.537. The van der Waals surface area contributed by atoms with Crippen molar-refractivity contribution >= 4 is 28.5 Å². The van der Waals surface area contributed by atoms with E-state index in [0.717, 1.165) is 44.0 Å². The fourth-order valence-electron chi connectivity index (χ4n) is 2.71. The highest BCUT2D eigenvalue weighted by Crippen LogP contribution is 2.37. The molecule has 0 aliphatic rings. The van der Waals surface area contributed by atoms with Crippen LogP contribution in [0, 0.1) is 6.92 Å². The molecule has 0 bridgehead atoms. The van der Waals surface area contributed by atoms with E-state index >= 15 is 0 Å². The van der Waals surface area contributed by atoms with Crippen molar-refractivity contribution in [3.63, 3.8) is 0 Å². The maximum atomic E-state index is 11.3. The lowest BCUT2D eigenvalue weighted by Crippen LogP contribution is -1.95. The Bertz CT molecular complexity index is 1050. The Labute approximate surface area is 141 Å². The molecule has 4 aromatic rings. The molecule has 0 aliphatic carbocycles. The first kappa shape index (κ1) is 14.6. The fourth-order valence-corrected chi connectivity index (χ4v) is 3.74. The summed E-state index contributed by atoms with van der Waals surface area (Å²) in [5.74, 6) is 0. The van der Waals surface area contributed by atoms with Crippen LogP contribution in [0.3, 0.4) is 0 Å². The Morgan fingerprint density at radius 1 is 1.21 bits per heavy atom. The minimum absolute atomic E-state index is 0.418. The van der Waals surface area contributed by atoms with Crippen LogP contribution < -0.4 is 0 Å². The average molecular weight is 335 g/mol. The predicted molar refractivity (Wildman–Crippen MR) is 93.0 cm³/mol. The molecule has 0 aliphatic heterocycles. The van der Waals surface area contributed by atoms with Crippen molar-refractivity contribution < 1.29 is 4.79 Å². The molecule has 24 heavy (non-hydrogen) atoms. The molecule has 0 fully saturated rings. The summed E-state index contributed by atoms with van der Waals surface area (Å²) in [7, 11) is 1.97. The fraction of sp³-hybridized carbons (Fsp3) is 0.118. The number of carbonyl (C=O) groups excluding carboxylic acids is 1. The van der Waals surface area contributed by atoms with Gasteiger partial charge in [-0.25, -0.2) is 19.9 Å². The Balaban J connectivity index is 1.97. The Hall–Kier alpha value is -2.93. The summed E-state index contributed by atoms with van der Waals surface area (Å²) in [6.45, 7) is 1.95. The standard InChI is InChI=1S/C17H13N5OS/c1-10-16(24-17(20-10)12-6-18-9-19-7-12)14-15-11(3-4-22(15)2)5-13(8-23)21-14/h3-9H,1-2H3. The van der Waals surface area contributed by atoms with Gasteiger partial charge in [-0.15, -0.1) is 11.3 Å². The van der Waals surface area contributed by atoms with Gasteiger partial charge in [-0.3, -0.25) is 4.79 Å². The number of nitrogens with zero attached hydrogens (tertiary/aromatic N) is 5. The van der Waals surface area contributed by atoms with Crippen LogP contribution >= 0.6 is 11.3 Å². The highest BCUT2D eigenvalue weighted by Gasteiger charge is 2.18. The third kappa shape index (κ3) is 2.30. The number of aryl methyl sites for hydroxylation is 2. The van der Waals surface area contributed by atoms with E-state index in [-0.39, 0.29) is 0 Å². The van der Waals surface area contributed by atoms with Gasteiger partial charge >= 0.3 is 0 Å². The maximum Gasteiger partial charge on any atom is 0.168 e. The Morgan fingerprint density at radius 2 is 2.00 bits per heavy atom. The smallest absolute Gasteiger partial charge is 0.168 e. The maximum absolute atomic E-state index is 11.3. The number of carbonyl (C=O) groups is 1. The summed E-state index contributed by atoms with van der Waals surface area (Å²) in [6, 6.07) is 3.78. The lowest BCUT2D eigenvalue weighted by atomic mass is 10.2. The zero-order valence-electron chi connectivity index (χ0n) is 13.1. The highest BCUT2D eigenvalue weighted by molar-refractivity contribution is 7.18. The van der Waals surface area contributed by atoms with Crippen LogP contribution in [-0.4, -0.2) is 30.8 Å². The molecule has 4 heterocycles. The van der Waals surface area contributed by atoms with E-state index in [1.54, 1.807) is 18.5 Å². The molecule has 0 N–H and O–H groups in total. The third-order valence-electron chi connectivity index (χ3n) is 3.81. The van der Waals surface area contributed by atoms with Gasteiger partial charge in [-0.2, -0.15) is 0 Å². The molecule has 4 rings (SSSR count). The van der Waals surface area contributed by atoms with Gasteiger partial charge < -0.3 is 4.57 Å². The molecule has 6 nitrogen and oxygen atoms in total. The van der Waals surface area contributed by atoms with Crippen LogP contribution in [0.4, 0.5) is 0 Å². The van der Waals surface area contributed by atoms with Crippen molar-refractivity contribution in [1.29, 1.82) is 0 Å². The Kier molecular flexibility index (Phi) is 3.42. The van der Waals surface area contributed by atoms with Crippen LogP contribution in [0.2, 0.25) is 0 Å². The number of fused-ring (bicyclic) bond motifs is 1. The molecule has 118 valence electrons. The summed E-state index contributed by atoms with van der Waals surface area (Å²) < 4.78 is 2.01. The lowest BCUT2D eigenvalue weighted by Gasteiger charge is -2.05. The molecular weight excluding hydrogens is 322 g/mol. The monoisotopic (exact) mass is 335 g/mol. The lowest BCUT2D eigenvalue weighted by molar-refractivity contribution is 0.111. The molecule has 0 atom stereocenters. The van der Waals surface area contributed by atoms with Crippen LogP contribution in [0.15, 0.2) is 37.1 Å². The van der Waals surface area contributed by atoms with Crippen LogP contribution in [0.5, 0.6) is 0 Å². The molecular formula is C17H13N5OS. The first-order valence-corrected chi connectivity index (χ1v) is 8.13. The number of aromatic nitrogens is 5. The van der Waals surface area contributed by atoms with E-state index in [1.165, 1.54) is 17.7 Å². The van der Waals surface area contributed by atoms with Crippen LogP contribution in [0.25, 0.3) is 32.0 Å². The minimum Gasteiger partial charge on any atom is -0.349 e. The topological polar surface area (TPSA) is 73.6 Å². The molecule has 0 saturated carbocycles. The number of thiazole rings is 1. The average Bonchev–Trinajstić information content (AvgIpc) is 3.18. The van der Waals surface area contributed by atoms with Crippen molar-refractivity contribution in [2.75, 3.05) is 0 Å². The molecule has 0 spiro atoms. The van der Waals surface area contributed by atoms with Gasteiger partial charge in [-0.05, 0) is 19.1 Å². The molecule has 0 amide bonds. The van der Waals surface area contributed by atoms with Crippen LogP contribution in [-0.2, 0) is 7.05 Å². The van der Waals surface area contributed by atoms with Crippen molar-refractivity contribution in [2.45, 2.75) is 6.92 Å². The second-order valence-electron chi connectivity index (χ2n) is 5.44. The molecule has 0 saturated heterocycles. The Morgan fingerprint density at radius 3 is 2.75 bits per heavy atom. The number of hydrogen-bond donors (Lipinski definition) is 0. The van der Waals surface area contributed by atoms with E-state index in [1.807, 2.05) is 30.8 Å². The molecule has 0 unspecified atom stereocenters. The van der Waals surface area contributed by atoms with Gasteiger partial charge in [0.25, 0.3) is 0 Å². The molecule has 0 radical (unpaired) electrons. The first-order chi connectivity index (χ1) is 11.7. The second kappa shape index (κ2) is 5.61. The van der Waals surface area contributed by atoms with Crippen molar-refractivity contribution in [1.82, 2.24) is 24.5 Å². The molecule has 0 aromatic carbocycles. The van der Waals surface area contributed by atoms with Crippen LogP contribution in [0.1, 0.15) is 16.2 Å². The normalized spacial score (nSPS) is 11.1. The summed E-state index contributed by atoms with van der Waals surface area (Å²) in [6.07, 6.45) is 7.71. The SMILES string of the molecule is Cc1nc(-c2cncnc2)sc1-c1nc(C=O)cc2ccn(C)c12. The van der Waals surface area contributed by atoms with Crippen molar-refractivity contribution in [3.8, 4) is 21.1 Å². The van der Waals surface area contributed by atoms with Gasteiger partial charge in [-0.1, -0.05) is 0 Å². The van der Waals surface area contributed by atoms with E-state index in [2.05, 4.69) is 19.9 Å². The zero-order chi connectivity index (χ0) is 16.7. The van der Waals surface area contributed by atoms with Gasteiger partial charge in [0.2, 0.25) is 0 Å². The van der Waals surface area contributed by atoms with Gasteiger partial charge in [0.15, 0.2) is 6.29 Å². The minimum atomic E-state index is 0.418. The zero-order valence-corrected chi connectivity index (χ0v) is 13.9. The van der Waals surface area contributed by atoms with E-state index in [9.17, 15) is 4.79 Å². The van der Waals surface area contributed by atoms with Gasteiger partial charge in [0, 0.05) is 36.6 Å². The summed E-state index contributed by atoms with van der Waals surface area (Å²) in [5, 5.41) is 1.82. The third-order valence-corrected chi connectivity index (χ3v) is 5.03. The summed E-state index contributed by atoms with van der Waals surface area (Å²) in [4.78, 5) is 29.5. The predicted octanol–water partition coefficient (Wildman–Crippen LogP) is 3.27. The van der Waals surface area contributed by atoms with E-state index < -0.39 is 0 Å². The molecule has 7 heteroatoms. The van der Waals surface area contributed by atoms with E-state index in [0.29, 0.717) is 5.69 Å².